The average Bonchev–Trinajstić information content (AvgIpc) is 2.77. The van der Waals surface area contributed by atoms with Crippen molar-refractivity contribution in [2.24, 2.45) is 0 Å². The lowest BCUT2D eigenvalue weighted by Gasteiger charge is -2.13. The summed E-state index contributed by atoms with van der Waals surface area (Å²) in [6, 6.07) is 17.6. The second-order valence-electron chi connectivity index (χ2n) is 6.47. The van der Waals surface area contributed by atoms with Crippen LogP contribution in [0.5, 0.6) is 11.5 Å². The summed E-state index contributed by atoms with van der Waals surface area (Å²) in [6.45, 7) is 0.234. The summed E-state index contributed by atoms with van der Waals surface area (Å²) in [6.07, 6.45) is 0. The van der Waals surface area contributed by atoms with Gasteiger partial charge < -0.3 is 14.8 Å². The van der Waals surface area contributed by atoms with Crippen molar-refractivity contribution >= 4 is 33.2 Å². The van der Waals surface area contributed by atoms with Crippen LogP contribution in [0.4, 0.5) is 5.69 Å². The summed E-state index contributed by atoms with van der Waals surface area (Å²) < 4.78 is 38.6. The predicted molar refractivity (Wildman–Crippen MR) is 119 cm³/mol. The largest absolute Gasteiger partial charge is 0.496 e. The lowest BCUT2D eigenvalue weighted by molar-refractivity contribution is 0.0950. The van der Waals surface area contributed by atoms with Gasteiger partial charge in [-0.3, -0.25) is 9.52 Å². The number of methoxy groups -OCH3 is 2. The standard InChI is InChI=1S/C22H21ClN2O5S/c1-29-20-9-4-3-6-16(20)14-24-22(26)15-7-5-8-18(12-15)31(27,28)25-19-13-17(23)10-11-21(19)30-2/h3-13,25H,14H2,1-2H3,(H,24,26). The van der Waals surface area contributed by atoms with Gasteiger partial charge >= 0.3 is 0 Å². The molecule has 2 N–H and O–H groups in total. The molecule has 0 aliphatic heterocycles. The highest BCUT2D eigenvalue weighted by molar-refractivity contribution is 7.92. The first-order valence-corrected chi connectivity index (χ1v) is 11.1. The summed E-state index contributed by atoms with van der Waals surface area (Å²) in [5.41, 5.74) is 1.20. The van der Waals surface area contributed by atoms with Crippen molar-refractivity contribution in [3.63, 3.8) is 0 Å². The van der Waals surface area contributed by atoms with Crippen molar-refractivity contribution in [2.45, 2.75) is 11.4 Å². The minimum Gasteiger partial charge on any atom is -0.496 e. The number of carbonyl (C=O) groups is 1. The molecule has 0 fully saturated rings. The fraction of sp³-hybridized carbons (Fsp3) is 0.136. The van der Waals surface area contributed by atoms with E-state index in [1.165, 1.54) is 37.4 Å². The SMILES string of the molecule is COc1ccccc1CNC(=O)c1cccc(S(=O)(=O)Nc2cc(Cl)ccc2OC)c1. The lowest BCUT2D eigenvalue weighted by atomic mass is 10.2. The highest BCUT2D eigenvalue weighted by atomic mass is 35.5. The molecule has 3 rings (SSSR count). The zero-order valence-electron chi connectivity index (χ0n) is 16.9. The number of amides is 1. The van der Waals surface area contributed by atoms with Gasteiger partial charge in [0.2, 0.25) is 0 Å². The van der Waals surface area contributed by atoms with Crippen molar-refractivity contribution in [3.8, 4) is 11.5 Å². The molecule has 0 atom stereocenters. The molecule has 0 spiro atoms. The van der Waals surface area contributed by atoms with Crippen LogP contribution in [0.3, 0.4) is 0 Å². The number of anilines is 1. The van der Waals surface area contributed by atoms with Gasteiger partial charge in [-0.2, -0.15) is 0 Å². The number of hydrogen-bond acceptors (Lipinski definition) is 5. The third-order valence-electron chi connectivity index (χ3n) is 4.44. The van der Waals surface area contributed by atoms with Gasteiger partial charge in [0.25, 0.3) is 15.9 Å². The fourth-order valence-corrected chi connectivity index (χ4v) is 4.17. The topological polar surface area (TPSA) is 93.7 Å². The molecule has 0 saturated carbocycles. The van der Waals surface area contributed by atoms with Crippen LogP contribution in [-0.2, 0) is 16.6 Å². The fourth-order valence-electron chi connectivity index (χ4n) is 2.89. The van der Waals surface area contributed by atoms with Gasteiger partial charge in [0.1, 0.15) is 11.5 Å². The molecule has 7 nitrogen and oxygen atoms in total. The second kappa shape index (κ2) is 9.72. The molecular weight excluding hydrogens is 440 g/mol. The Balaban J connectivity index is 1.79. The van der Waals surface area contributed by atoms with E-state index in [2.05, 4.69) is 10.0 Å². The molecule has 3 aromatic carbocycles. The van der Waals surface area contributed by atoms with E-state index in [0.29, 0.717) is 16.5 Å². The maximum absolute atomic E-state index is 12.9. The number of hydrogen-bond donors (Lipinski definition) is 2. The molecule has 9 heteroatoms. The van der Waals surface area contributed by atoms with Crippen LogP contribution < -0.4 is 19.5 Å². The third-order valence-corrected chi connectivity index (χ3v) is 6.04. The minimum atomic E-state index is -3.99. The number of sulfonamides is 1. The number of carbonyl (C=O) groups excluding carboxylic acids is 1. The van der Waals surface area contributed by atoms with Gasteiger partial charge in [-0.1, -0.05) is 35.9 Å². The molecule has 0 unspecified atom stereocenters. The molecule has 0 saturated heterocycles. The molecule has 1 amide bonds. The van der Waals surface area contributed by atoms with Crippen LogP contribution in [0.1, 0.15) is 15.9 Å². The van der Waals surface area contributed by atoms with Crippen LogP contribution >= 0.6 is 11.6 Å². The molecule has 3 aromatic rings. The molecular formula is C22H21ClN2O5S. The van der Waals surface area contributed by atoms with Crippen LogP contribution in [0.25, 0.3) is 0 Å². The van der Waals surface area contributed by atoms with Crippen molar-refractivity contribution in [3.05, 3.63) is 82.9 Å². The van der Waals surface area contributed by atoms with E-state index in [1.54, 1.807) is 25.3 Å². The van der Waals surface area contributed by atoms with Gasteiger partial charge in [0.05, 0.1) is 24.8 Å². The average molecular weight is 461 g/mol. The molecule has 0 aromatic heterocycles. The van der Waals surface area contributed by atoms with E-state index in [0.717, 1.165) is 5.56 Å². The number of ether oxygens (including phenoxy) is 2. The highest BCUT2D eigenvalue weighted by Crippen LogP contribution is 2.30. The van der Waals surface area contributed by atoms with E-state index in [4.69, 9.17) is 21.1 Å². The van der Waals surface area contributed by atoms with Gasteiger partial charge in [-0.15, -0.1) is 0 Å². The van der Waals surface area contributed by atoms with Crippen LogP contribution in [0.15, 0.2) is 71.6 Å². The monoisotopic (exact) mass is 460 g/mol. The van der Waals surface area contributed by atoms with Crippen LogP contribution in [-0.4, -0.2) is 28.5 Å². The maximum atomic E-state index is 12.9. The number of nitrogens with one attached hydrogen (secondary N) is 2. The first-order valence-electron chi connectivity index (χ1n) is 9.20. The Morgan fingerprint density at radius 1 is 0.935 bits per heavy atom. The Bertz CT molecular complexity index is 1200. The maximum Gasteiger partial charge on any atom is 0.262 e. The quantitative estimate of drug-likeness (QED) is 0.528. The predicted octanol–water partition coefficient (Wildman–Crippen LogP) is 4.09. The van der Waals surface area contributed by atoms with Gasteiger partial charge in [0.15, 0.2) is 0 Å². The Hall–Kier alpha value is -3.23. The smallest absolute Gasteiger partial charge is 0.262 e. The van der Waals surface area contributed by atoms with Crippen molar-refractivity contribution in [1.29, 1.82) is 0 Å². The first-order chi connectivity index (χ1) is 14.8. The molecule has 0 radical (unpaired) electrons. The summed E-state index contributed by atoms with van der Waals surface area (Å²) in [7, 11) is -1.01. The van der Waals surface area contributed by atoms with E-state index in [1.807, 2.05) is 18.2 Å². The van der Waals surface area contributed by atoms with Gasteiger partial charge in [-0.05, 0) is 42.5 Å². The lowest BCUT2D eigenvalue weighted by Crippen LogP contribution is -2.23. The Morgan fingerprint density at radius 2 is 1.68 bits per heavy atom. The molecule has 162 valence electrons. The highest BCUT2D eigenvalue weighted by Gasteiger charge is 2.19. The van der Waals surface area contributed by atoms with E-state index in [-0.39, 0.29) is 22.7 Å². The van der Waals surface area contributed by atoms with E-state index in [9.17, 15) is 13.2 Å². The molecule has 0 bridgehead atoms. The molecule has 31 heavy (non-hydrogen) atoms. The number of para-hydroxylation sites is 1. The van der Waals surface area contributed by atoms with Gasteiger partial charge in [-0.25, -0.2) is 8.42 Å². The normalized spacial score (nSPS) is 10.9. The summed E-state index contributed by atoms with van der Waals surface area (Å²) >= 11 is 5.97. The van der Waals surface area contributed by atoms with Crippen molar-refractivity contribution in [1.82, 2.24) is 5.32 Å². The molecule has 0 aliphatic carbocycles. The number of halogens is 1. The Morgan fingerprint density at radius 3 is 2.42 bits per heavy atom. The Kier molecular flexibility index (Phi) is 7.04. The summed E-state index contributed by atoms with van der Waals surface area (Å²) in [5.74, 6) is 0.556. The van der Waals surface area contributed by atoms with E-state index >= 15 is 0 Å². The zero-order chi connectivity index (χ0) is 22.4. The second-order valence-corrected chi connectivity index (χ2v) is 8.59. The summed E-state index contributed by atoms with van der Waals surface area (Å²) in [4.78, 5) is 12.5. The van der Waals surface area contributed by atoms with Gasteiger partial charge in [0, 0.05) is 22.7 Å². The van der Waals surface area contributed by atoms with Crippen molar-refractivity contribution in [2.75, 3.05) is 18.9 Å². The Labute approximate surface area is 186 Å². The van der Waals surface area contributed by atoms with Crippen LogP contribution in [0, 0.1) is 0 Å². The van der Waals surface area contributed by atoms with Crippen LogP contribution in [0.2, 0.25) is 5.02 Å². The first kappa shape index (κ1) is 22.5. The summed E-state index contributed by atoms with van der Waals surface area (Å²) in [5, 5.41) is 3.12. The molecule has 0 heterocycles. The van der Waals surface area contributed by atoms with Crippen molar-refractivity contribution < 1.29 is 22.7 Å². The molecule has 0 aliphatic rings. The zero-order valence-corrected chi connectivity index (χ0v) is 18.5. The number of benzene rings is 3. The third kappa shape index (κ3) is 5.48. The minimum absolute atomic E-state index is 0.0699. The van der Waals surface area contributed by atoms with E-state index < -0.39 is 15.9 Å². The number of rotatable bonds is 8.